The molecule has 23 heavy (non-hydrogen) atoms. The molecule has 0 radical (unpaired) electrons. The van der Waals surface area contributed by atoms with Gasteiger partial charge in [0.25, 0.3) is 5.91 Å². The van der Waals surface area contributed by atoms with Crippen molar-refractivity contribution in [2.24, 2.45) is 0 Å². The second-order valence-corrected chi connectivity index (χ2v) is 5.35. The predicted octanol–water partition coefficient (Wildman–Crippen LogP) is 3.96. The second-order valence-electron chi connectivity index (χ2n) is 4.94. The minimum Gasteiger partial charge on any atom is -0.474 e. The van der Waals surface area contributed by atoms with Gasteiger partial charge in [-0.05, 0) is 37.6 Å². The van der Waals surface area contributed by atoms with Crippen molar-refractivity contribution in [3.05, 3.63) is 63.2 Å². The van der Waals surface area contributed by atoms with E-state index in [2.05, 4.69) is 5.32 Å². The first-order valence-corrected chi connectivity index (χ1v) is 7.23. The molecule has 1 N–H and O–H groups in total. The fourth-order valence-electron chi connectivity index (χ4n) is 1.87. The van der Waals surface area contributed by atoms with Crippen LogP contribution in [0.15, 0.2) is 42.5 Å². The lowest BCUT2D eigenvalue weighted by Gasteiger charge is -2.15. The number of nitrogens with one attached hydrogen (secondary N) is 1. The van der Waals surface area contributed by atoms with Crippen LogP contribution in [0.4, 0.5) is 11.4 Å². The van der Waals surface area contributed by atoms with Crippen LogP contribution in [0.3, 0.4) is 0 Å². The van der Waals surface area contributed by atoms with E-state index < -0.39 is 16.9 Å². The van der Waals surface area contributed by atoms with Crippen LogP contribution in [0.5, 0.6) is 5.75 Å². The summed E-state index contributed by atoms with van der Waals surface area (Å²) >= 11 is 6.00. The molecule has 0 fully saturated rings. The second kappa shape index (κ2) is 7.11. The maximum Gasteiger partial charge on any atom is 0.310 e. The predicted molar refractivity (Wildman–Crippen MR) is 88.0 cm³/mol. The molecule has 6 nitrogen and oxygen atoms in total. The lowest BCUT2D eigenvalue weighted by Crippen LogP contribution is -2.30. The van der Waals surface area contributed by atoms with E-state index in [0.29, 0.717) is 10.7 Å². The number of amides is 1. The lowest BCUT2D eigenvalue weighted by atomic mass is 10.2. The summed E-state index contributed by atoms with van der Waals surface area (Å²) in [5.41, 5.74) is 1.24. The molecular formula is C16H15ClN2O4. The Morgan fingerprint density at radius 1 is 1.30 bits per heavy atom. The van der Waals surface area contributed by atoms with Gasteiger partial charge in [0.15, 0.2) is 11.9 Å². The Morgan fingerprint density at radius 2 is 2.00 bits per heavy atom. The first-order chi connectivity index (χ1) is 10.9. The van der Waals surface area contributed by atoms with Crippen LogP contribution >= 0.6 is 11.6 Å². The van der Waals surface area contributed by atoms with Gasteiger partial charge in [-0.15, -0.1) is 0 Å². The number of para-hydroxylation sites is 2. The fraction of sp³-hybridized carbons (Fsp3) is 0.188. The van der Waals surface area contributed by atoms with Gasteiger partial charge < -0.3 is 10.1 Å². The van der Waals surface area contributed by atoms with E-state index in [1.165, 1.54) is 25.1 Å². The van der Waals surface area contributed by atoms with E-state index in [-0.39, 0.29) is 11.4 Å². The summed E-state index contributed by atoms with van der Waals surface area (Å²) in [5.74, 6) is -0.384. The highest BCUT2D eigenvalue weighted by Crippen LogP contribution is 2.27. The summed E-state index contributed by atoms with van der Waals surface area (Å²) in [6.45, 7) is 3.37. The number of nitro benzene ring substituents is 1. The third-order valence-corrected chi connectivity index (χ3v) is 3.58. The molecule has 0 spiro atoms. The molecule has 7 heteroatoms. The molecular weight excluding hydrogens is 320 g/mol. The van der Waals surface area contributed by atoms with Gasteiger partial charge in [0, 0.05) is 16.8 Å². The van der Waals surface area contributed by atoms with E-state index in [1.54, 1.807) is 24.3 Å². The molecule has 0 aliphatic rings. The summed E-state index contributed by atoms with van der Waals surface area (Å²) < 4.78 is 5.41. The van der Waals surface area contributed by atoms with Gasteiger partial charge in [0.2, 0.25) is 0 Å². The Labute approximate surface area is 138 Å². The number of ether oxygens (including phenoxy) is 1. The molecule has 0 bridgehead atoms. The number of hydrogen-bond acceptors (Lipinski definition) is 4. The largest absolute Gasteiger partial charge is 0.474 e. The van der Waals surface area contributed by atoms with Crippen LogP contribution in [-0.4, -0.2) is 16.9 Å². The fourth-order valence-corrected chi connectivity index (χ4v) is 2.05. The third kappa shape index (κ3) is 4.20. The summed E-state index contributed by atoms with van der Waals surface area (Å²) in [5, 5.41) is 14.1. The summed E-state index contributed by atoms with van der Waals surface area (Å²) in [6, 6.07) is 11.0. The zero-order valence-corrected chi connectivity index (χ0v) is 13.3. The minimum atomic E-state index is -0.906. The molecule has 1 amide bonds. The van der Waals surface area contributed by atoms with Crippen LogP contribution in [0.2, 0.25) is 5.02 Å². The summed E-state index contributed by atoms with van der Waals surface area (Å²) in [4.78, 5) is 22.5. The lowest BCUT2D eigenvalue weighted by molar-refractivity contribution is -0.386. The van der Waals surface area contributed by atoms with Crippen molar-refractivity contribution >= 4 is 28.9 Å². The van der Waals surface area contributed by atoms with Crippen LogP contribution < -0.4 is 10.1 Å². The van der Waals surface area contributed by atoms with Gasteiger partial charge in [-0.2, -0.15) is 0 Å². The number of nitrogens with zero attached hydrogens (tertiary/aromatic N) is 1. The van der Waals surface area contributed by atoms with Crippen molar-refractivity contribution < 1.29 is 14.5 Å². The molecule has 2 aromatic rings. The Balaban J connectivity index is 2.08. The molecule has 0 heterocycles. The molecule has 0 unspecified atom stereocenters. The molecule has 120 valence electrons. The van der Waals surface area contributed by atoms with Crippen molar-refractivity contribution in [1.82, 2.24) is 0 Å². The van der Waals surface area contributed by atoms with Gasteiger partial charge in [-0.25, -0.2) is 0 Å². The average molecular weight is 335 g/mol. The molecule has 0 saturated carbocycles. The Hall–Kier alpha value is -2.60. The highest BCUT2D eigenvalue weighted by atomic mass is 35.5. The zero-order chi connectivity index (χ0) is 17.0. The van der Waals surface area contributed by atoms with Crippen molar-refractivity contribution in [2.75, 3.05) is 5.32 Å². The van der Waals surface area contributed by atoms with Crippen molar-refractivity contribution in [2.45, 2.75) is 20.0 Å². The van der Waals surface area contributed by atoms with E-state index in [4.69, 9.17) is 16.3 Å². The van der Waals surface area contributed by atoms with Gasteiger partial charge >= 0.3 is 5.69 Å². The summed E-state index contributed by atoms with van der Waals surface area (Å²) in [7, 11) is 0. The number of carbonyl (C=O) groups excluding carboxylic acids is 1. The topological polar surface area (TPSA) is 81.5 Å². The molecule has 1 atom stereocenters. The number of nitro groups is 1. The quantitative estimate of drug-likeness (QED) is 0.662. The standard InChI is InChI=1S/C16H15ClN2O4/c1-10-7-8-12(9-13(10)17)18-16(20)11(2)23-15-6-4-3-5-14(15)19(21)22/h3-9,11H,1-2H3,(H,18,20)/t11-/m0/s1. The molecule has 0 aromatic heterocycles. The molecule has 0 saturated heterocycles. The number of halogens is 1. The van der Waals surface area contributed by atoms with Crippen molar-refractivity contribution in [1.29, 1.82) is 0 Å². The highest BCUT2D eigenvalue weighted by molar-refractivity contribution is 6.31. The van der Waals surface area contributed by atoms with Gasteiger partial charge in [-0.3, -0.25) is 14.9 Å². The minimum absolute atomic E-state index is 0.0436. The SMILES string of the molecule is Cc1ccc(NC(=O)[C@H](C)Oc2ccccc2[N+](=O)[O-])cc1Cl. The summed E-state index contributed by atoms with van der Waals surface area (Å²) in [6.07, 6.45) is -0.906. The Bertz CT molecular complexity index is 749. The van der Waals surface area contributed by atoms with Gasteiger partial charge in [0.05, 0.1) is 4.92 Å². The normalized spacial score (nSPS) is 11.6. The maximum absolute atomic E-state index is 12.1. The number of carbonyl (C=O) groups is 1. The smallest absolute Gasteiger partial charge is 0.310 e. The number of hydrogen-bond donors (Lipinski definition) is 1. The maximum atomic E-state index is 12.1. The number of rotatable bonds is 5. The van der Waals surface area contributed by atoms with E-state index in [1.807, 2.05) is 6.92 Å². The van der Waals surface area contributed by atoms with Crippen molar-refractivity contribution in [3.63, 3.8) is 0 Å². The highest BCUT2D eigenvalue weighted by Gasteiger charge is 2.20. The zero-order valence-electron chi connectivity index (χ0n) is 12.6. The number of anilines is 1. The van der Waals surface area contributed by atoms with E-state index in [0.717, 1.165) is 5.56 Å². The van der Waals surface area contributed by atoms with Crippen LogP contribution in [-0.2, 0) is 4.79 Å². The Kier molecular flexibility index (Phi) is 5.18. The molecule has 0 aliphatic heterocycles. The van der Waals surface area contributed by atoms with Gasteiger partial charge in [-0.1, -0.05) is 29.8 Å². The van der Waals surface area contributed by atoms with Crippen LogP contribution in [0.25, 0.3) is 0 Å². The first-order valence-electron chi connectivity index (χ1n) is 6.85. The van der Waals surface area contributed by atoms with Gasteiger partial charge in [0.1, 0.15) is 0 Å². The van der Waals surface area contributed by atoms with Crippen molar-refractivity contribution in [3.8, 4) is 5.75 Å². The van der Waals surface area contributed by atoms with Crippen LogP contribution in [0.1, 0.15) is 12.5 Å². The molecule has 0 aliphatic carbocycles. The average Bonchev–Trinajstić information content (AvgIpc) is 2.51. The number of benzene rings is 2. The third-order valence-electron chi connectivity index (χ3n) is 3.17. The van der Waals surface area contributed by atoms with E-state index >= 15 is 0 Å². The number of aryl methyl sites for hydroxylation is 1. The first kappa shape index (κ1) is 16.8. The van der Waals surface area contributed by atoms with Crippen LogP contribution in [0, 0.1) is 17.0 Å². The van der Waals surface area contributed by atoms with E-state index in [9.17, 15) is 14.9 Å². The monoisotopic (exact) mass is 334 g/mol. The molecule has 2 rings (SSSR count). The molecule has 2 aromatic carbocycles. The Morgan fingerprint density at radius 3 is 2.65 bits per heavy atom.